The zero-order chi connectivity index (χ0) is 15.0. The number of hydrogen-bond donors (Lipinski definition) is 4. The molecule has 0 radical (unpaired) electrons. The molecule has 1 fully saturated rings. The monoisotopic (exact) mass is 310 g/mol. The predicted octanol–water partition coefficient (Wildman–Crippen LogP) is 0.448. The number of carboxylic acid groups (broad SMARTS) is 1. The maximum atomic E-state index is 11.6. The van der Waals surface area contributed by atoms with E-state index in [9.17, 15) is 19.9 Å². The lowest BCUT2D eigenvalue weighted by atomic mass is 9.70. The number of thioether (sulfide) groups is 1. The number of benzene rings is 1. The first-order valence-electron chi connectivity index (χ1n) is 6.96. The molecule has 0 aromatic heterocycles. The van der Waals surface area contributed by atoms with Gasteiger partial charge in [0, 0.05) is 24.1 Å². The molecular formula is C13H17BNO5S-. The quantitative estimate of drug-likeness (QED) is 0.599. The van der Waals surface area contributed by atoms with Crippen molar-refractivity contribution in [2.75, 3.05) is 13.1 Å². The van der Waals surface area contributed by atoms with Crippen molar-refractivity contribution < 1.29 is 24.6 Å². The third-order valence-corrected chi connectivity index (χ3v) is 5.14. The summed E-state index contributed by atoms with van der Waals surface area (Å²) in [5.74, 6) is -0.409. The van der Waals surface area contributed by atoms with E-state index in [0.29, 0.717) is 28.6 Å². The van der Waals surface area contributed by atoms with Crippen molar-refractivity contribution in [3.63, 3.8) is 0 Å². The molecule has 2 heterocycles. The fourth-order valence-corrected chi connectivity index (χ4v) is 3.66. The highest BCUT2D eigenvalue weighted by molar-refractivity contribution is 7.99. The van der Waals surface area contributed by atoms with E-state index in [-0.39, 0.29) is 17.6 Å². The third kappa shape index (κ3) is 3.03. The zero-order valence-electron chi connectivity index (χ0n) is 11.4. The minimum Gasteiger partial charge on any atom is -0.669 e. The van der Waals surface area contributed by atoms with Gasteiger partial charge in [0.2, 0.25) is 0 Å². The Morgan fingerprint density at radius 3 is 2.81 bits per heavy atom. The predicted molar refractivity (Wildman–Crippen MR) is 80.7 cm³/mol. The molecule has 4 N–H and O–H groups in total. The van der Waals surface area contributed by atoms with E-state index >= 15 is 0 Å². The summed E-state index contributed by atoms with van der Waals surface area (Å²) in [4.78, 5) is 11.6. The van der Waals surface area contributed by atoms with Gasteiger partial charge in [0.15, 0.2) is 0 Å². The van der Waals surface area contributed by atoms with Crippen LogP contribution in [0.3, 0.4) is 0 Å². The Morgan fingerprint density at radius 2 is 2.19 bits per heavy atom. The van der Waals surface area contributed by atoms with E-state index in [1.54, 1.807) is 17.8 Å². The lowest BCUT2D eigenvalue weighted by molar-refractivity contribution is 0.0692. The number of hydrogen-bond acceptors (Lipinski definition) is 6. The number of rotatable bonds is 4. The number of aromatic carboxylic acids is 1. The highest BCUT2D eigenvalue weighted by atomic mass is 32.2. The maximum Gasteiger partial charge on any atom is 0.430 e. The molecule has 0 amide bonds. The van der Waals surface area contributed by atoms with Crippen LogP contribution < -0.4 is 9.97 Å². The summed E-state index contributed by atoms with van der Waals surface area (Å²) in [5, 5.41) is 32.5. The molecule has 0 unspecified atom stereocenters. The first kappa shape index (κ1) is 14.7. The normalized spacial score (nSPS) is 20.3. The van der Waals surface area contributed by atoms with Crippen molar-refractivity contribution in [2.45, 2.75) is 23.7 Å². The van der Waals surface area contributed by atoms with Gasteiger partial charge in [-0.05, 0) is 17.5 Å². The van der Waals surface area contributed by atoms with Crippen LogP contribution in [0.1, 0.15) is 21.5 Å². The molecule has 0 aliphatic carbocycles. The van der Waals surface area contributed by atoms with Gasteiger partial charge in [-0.3, -0.25) is 0 Å². The Kier molecular flexibility index (Phi) is 3.87. The van der Waals surface area contributed by atoms with Crippen LogP contribution in [-0.2, 0) is 12.2 Å². The molecule has 114 valence electrons. The standard InChI is InChI=1S/C13H17BNO5S/c16-13(17)11-9(7-21-10-5-15-6-10)2-1-8-3-4-14(18,19)20-12(8)11/h1-2,10,15,18-19H,3-7H2,(H,16,17)/q-1. The molecule has 6 nitrogen and oxygen atoms in total. The van der Waals surface area contributed by atoms with Gasteiger partial charge in [-0.15, -0.1) is 0 Å². The highest BCUT2D eigenvalue weighted by Crippen LogP contribution is 2.36. The van der Waals surface area contributed by atoms with Gasteiger partial charge in [0.1, 0.15) is 5.56 Å². The smallest absolute Gasteiger partial charge is 0.430 e. The van der Waals surface area contributed by atoms with Gasteiger partial charge in [0.25, 0.3) is 0 Å². The lowest BCUT2D eigenvalue weighted by Gasteiger charge is -2.37. The minimum absolute atomic E-state index is 0.0568. The Morgan fingerprint density at radius 1 is 1.43 bits per heavy atom. The third-order valence-electron chi connectivity index (χ3n) is 3.85. The molecule has 1 aromatic carbocycles. The first-order valence-corrected chi connectivity index (χ1v) is 8.01. The Hall–Kier alpha value is -1.22. The summed E-state index contributed by atoms with van der Waals surface area (Å²) in [6.45, 7) is -1.08. The average molecular weight is 310 g/mol. The van der Waals surface area contributed by atoms with E-state index in [1.165, 1.54) is 0 Å². The number of carboxylic acids is 1. The molecule has 1 aromatic rings. The van der Waals surface area contributed by atoms with Crippen molar-refractivity contribution in [1.82, 2.24) is 5.32 Å². The van der Waals surface area contributed by atoms with Crippen molar-refractivity contribution in [3.05, 3.63) is 28.8 Å². The molecule has 0 bridgehead atoms. The van der Waals surface area contributed by atoms with Crippen LogP contribution >= 0.6 is 11.8 Å². The SMILES string of the molecule is O=C(O)c1c(CSC2CNC2)ccc2c1O[B-](O)(O)CC2. The topological polar surface area (TPSA) is 99.0 Å². The van der Waals surface area contributed by atoms with Crippen LogP contribution in [0.15, 0.2) is 12.1 Å². The highest BCUT2D eigenvalue weighted by Gasteiger charge is 2.32. The summed E-state index contributed by atoms with van der Waals surface area (Å²) in [5.41, 5.74) is 1.43. The van der Waals surface area contributed by atoms with E-state index < -0.39 is 12.7 Å². The molecule has 2 aliphatic heterocycles. The van der Waals surface area contributed by atoms with Gasteiger partial charge >= 0.3 is 12.7 Å². The van der Waals surface area contributed by atoms with Crippen LogP contribution in [-0.4, -0.2) is 46.2 Å². The average Bonchev–Trinajstić information content (AvgIpc) is 2.34. The molecule has 0 spiro atoms. The van der Waals surface area contributed by atoms with E-state index in [2.05, 4.69) is 5.32 Å². The van der Waals surface area contributed by atoms with Crippen molar-refractivity contribution in [1.29, 1.82) is 0 Å². The minimum atomic E-state index is -2.95. The molecule has 1 saturated heterocycles. The van der Waals surface area contributed by atoms with Gasteiger partial charge in [0.05, 0.1) is 5.75 Å². The molecule has 21 heavy (non-hydrogen) atoms. The molecule has 3 rings (SSSR count). The van der Waals surface area contributed by atoms with Crippen LogP contribution in [0, 0.1) is 0 Å². The number of aryl methyl sites for hydroxylation is 1. The summed E-state index contributed by atoms with van der Waals surface area (Å²) >= 11 is 1.70. The largest absolute Gasteiger partial charge is 0.669 e. The van der Waals surface area contributed by atoms with Crippen LogP contribution in [0.5, 0.6) is 5.75 Å². The van der Waals surface area contributed by atoms with Gasteiger partial charge < -0.3 is 25.1 Å². The first-order chi connectivity index (χ1) is 9.96. The molecule has 2 aliphatic rings. The summed E-state index contributed by atoms with van der Waals surface area (Å²) in [6, 6.07) is 3.63. The molecule has 0 saturated carbocycles. The lowest BCUT2D eigenvalue weighted by Crippen LogP contribution is -2.45. The fourth-order valence-electron chi connectivity index (χ4n) is 2.53. The maximum absolute atomic E-state index is 11.6. The summed E-state index contributed by atoms with van der Waals surface area (Å²) in [6.07, 6.45) is 0.497. The number of fused-ring (bicyclic) bond motifs is 1. The van der Waals surface area contributed by atoms with Crippen LogP contribution in [0.25, 0.3) is 0 Å². The molecule has 8 heteroatoms. The second-order valence-electron chi connectivity index (χ2n) is 5.50. The Labute approximate surface area is 126 Å². The van der Waals surface area contributed by atoms with E-state index in [1.807, 2.05) is 6.07 Å². The van der Waals surface area contributed by atoms with Crippen molar-refractivity contribution in [2.24, 2.45) is 0 Å². The second-order valence-corrected chi connectivity index (χ2v) is 6.79. The van der Waals surface area contributed by atoms with Crippen LogP contribution in [0.4, 0.5) is 0 Å². The Bertz CT molecular complexity index is 576. The summed E-state index contributed by atoms with van der Waals surface area (Å²) < 4.78 is 5.17. The van der Waals surface area contributed by atoms with E-state index in [0.717, 1.165) is 13.1 Å². The van der Waals surface area contributed by atoms with E-state index in [4.69, 9.17) is 4.65 Å². The number of nitrogens with one attached hydrogen (secondary N) is 1. The zero-order valence-corrected chi connectivity index (χ0v) is 12.2. The molecular weight excluding hydrogens is 293 g/mol. The van der Waals surface area contributed by atoms with Crippen LogP contribution in [0.2, 0.25) is 6.32 Å². The number of carbonyl (C=O) groups is 1. The van der Waals surface area contributed by atoms with Gasteiger partial charge in [-0.2, -0.15) is 11.8 Å². The summed E-state index contributed by atoms with van der Waals surface area (Å²) in [7, 11) is 0. The van der Waals surface area contributed by atoms with Crippen molar-refractivity contribution in [3.8, 4) is 5.75 Å². The van der Waals surface area contributed by atoms with Crippen molar-refractivity contribution >= 4 is 24.5 Å². The second kappa shape index (κ2) is 5.53. The van der Waals surface area contributed by atoms with Gasteiger partial charge in [-0.1, -0.05) is 18.5 Å². The fraction of sp³-hybridized carbons (Fsp3) is 0.462. The molecule has 0 atom stereocenters. The Balaban J connectivity index is 1.91. The van der Waals surface area contributed by atoms with Gasteiger partial charge in [-0.25, -0.2) is 4.79 Å².